The molecule has 0 amide bonds. The zero-order valence-electron chi connectivity index (χ0n) is 14.7. The fraction of sp³-hybridized carbons (Fsp3) is 0.684. The molecule has 0 unspecified atom stereocenters. The number of hydrogen-bond acceptors (Lipinski definition) is 6. The van der Waals surface area contributed by atoms with Gasteiger partial charge in [-0.25, -0.2) is 4.79 Å². The number of aliphatic hydroxyl groups excluding tert-OH is 1. The molecule has 0 radical (unpaired) electrons. The van der Waals surface area contributed by atoms with Gasteiger partial charge in [0.15, 0.2) is 0 Å². The predicted molar refractivity (Wildman–Crippen MR) is 86.3 cm³/mol. The molecular weight excluding hydrogens is 324 g/mol. The summed E-state index contributed by atoms with van der Waals surface area (Å²) in [5, 5.41) is 10.7. The number of carbonyl (C=O) groups is 1. The van der Waals surface area contributed by atoms with E-state index in [0.29, 0.717) is 12.2 Å². The van der Waals surface area contributed by atoms with E-state index in [1.807, 2.05) is 20.8 Å². The van der Waals surface area contributed by atoms with Gasteiger partial charge in [0.1, 0.15) is 23.4 Å². The van der Waals surface area contributed by atoms with Gasteiger partial charge in [-0.3, -0.25) is 4.79 Å². The second kappa shape index (κ2) is 4.35. The lowest BCUT2D eigenvalue weighted by Crippen LogP contribution is -2.62. The molecular formula is C19H22O6. The molecule has 0 spiro atoms. The van der Waals surface area contributed by atoms with Gasteiger partial charge in [0.25, 0.3) is 0 Å². The summed E-state index contributed by atoms with van der Waals surface area (Å²) in [5.74, 6) is 0.125. The Morgan fingerprint density at radius 1 is 1.24 bits per heavy atom. The maximum Gasteiger partial charge on any atom is 0.336 e. The van der Waals surface area contributed by atoms with Crippen molar-refractivity contribution in [2.24, 2.45) is 11.3 Å². The van der Waals surface area contributed by atoms with Crippen LogP contribution in [0.25, 0.3) is 0 Å². The minimum Gasteiger partial charge on any atom is -0.461 e. The molecule has 1 saturated carbocycles. The van der Waals surface area contributed by atoms with Gasteiger partial charge in [0, 0.05) is 29.7 Å². The van der Waals surface area contributed by atoms with Crippen molar-refractivity contribution in [3.8, 4) is 0 Å². The molecule has 1 aromatic rings. The minimum atomic E-state index is -1.01. The Balaban J connectivity index is 1.81. The second-order valence-corrected chi connectivity index (χ2v) is 8.63. The molecule has 2 aliphatic carbocycles. The first-order valence-electron chi connectivity index (χ1n) is 8.92. The molecule has 2 aliphatic heterocycles. The summed E-state index contributed by atoms with van der Waals surface area (Å²) < 4.78 is 17.1. The molecule has 3 fully saturated rings. The van der Waals surface area contributed by atoms with Crippen molar-refractivity contribution in [1.29, 1.82) is 0 Å². The third kappa shape index (κ3) is 1.59. The van der Waals surface area contributed by atoms with E-state index in [9.17, 15) is 14.7 Å². The number of hydrogen-bond donors (Lipinski definition) is 1. The molecule has 6 heteroatoms. The van der Waals surface area contributed by atoms with Crippen LogP contribution in [0.15, 0.2) is 15.3 Å². The van der Waals surface area contributed by atoms with Gasteiger partial charge in [0.05, 0.1) is 12.2 Å². The van der Waals surface area contributed by atoms with E-state index in [4.69, 9.17) is 13.9 Å². The number of carbonyl (C=O) groups excluding carboxylic acids is 1. The quantitative estimate of drug-likeness (QED) is 0.608. The topological polar surface area (TPSA) is 89.3 Å². The van der Waals surface area contributed by atoms with E-state index in [-0.39, 0.29) is 35.6 Å². The van der Waals surface area contributed by atoms with Crippen LogP contribution in [0.3, 0.4) is 0 Å². The highest BCUT2D eigenvalue weighted by molar-refractivity contribution is 5.82. The van der Waals surface area contributed by atoms with Gasteiger partial charge in [-0.15, -0.1) is 0 Å². The molecule has 4 aliphatic rings. The van der Waals surface area contributed by atoms with Crippen LogP contribution in [0.4, 0.5) is 0 Å². The van der Waals surface area contributed by atoms with E-state index in [1.165, 1.54) is 0 Å². The number of esters is 1. The Morgan fingerprint density at radius 3 is 2.64 bits per heavy atom. The Hall–Kier alpha value is -1.66. The standard InChI is InChI=1S/C19H22O6/c1-7(2)12-8-5-10-14-18(3,9(8)6-11(20)24-12)16-13(25-16)15(21)19(14,4)17(22)23-10/h6-7,10,13-16,21H,5H2,1-4H3/t10-,13+,14-,15+,16+,18-,19-/m0/s1. The average molecular weight is 346 g/mol. The van der Waals surface area contributed by atoms with Crippen molar-refractivity contribution in [1.82, 2.24) is 0 Å². The van der Waals surface area contributed by atoms with Gasteiger partial charge >= 0.3 is 11.6 Å². The normalized spacial score (nSPS) is 46.3. The van der Waals surface area contributed by atoms with Gasteiger partial charge in [-0.2, -0.15) is 0 Å². The summed E-state index contributed by atoms with van der Waals surface area (Å²) in [7, 11) is 0. The van der Waals surface area contributed by atoms with Crippen LogP contribution in [-0.2, 0) is 26.1 Å². The number of aliphatic hydroxyl groups is 1. The Kier molecular flexibility index (Phi) is 2.71. The fourth-order valence-electron chi connectivity index (χ4n) is 5.90. The highest BCUT2D eigenvalue weighted by Crippen LogP contribution is 2.66. The van der Waals surface area contributed by atoms with Crippen LogP contribution < -0.4 is 5.63 Å². The lowest BCUT2D eigenvalue weighted by Gasteiger charge is -2.50. The third-order valence-electron chi connectivity index (χ3n) is 7.01. The molecule has 7 atom stereocenters. The molecule has 2 saturated heterocycles. The van der Waals surface area contributed by atoms with Crippen molar-refractivity contribution >= 4 is 5.97 Å². The largest absolute Gasteiger partial charge is 0.461 e. The van der Waals surface area contributed by atoms with E-state index in [0.717, 1.165) is 11.1 Å². The van der Waals surface area contributed by atoms with E-state index < -0.39 is 23.0 Å². The molecule has 6 nitrogen and oxygen atoms in total. The Morgan fingerprint density at radius 2 is 1.96 bits per heavy atom. The zero-order chi connectivity index (χ0) is 17.9. The maximum atomic E-state index is 12.7. The SMILES string of the molecule is CC(C)c1oc(=O)cc2c1C[C@@H]1OC(=O)[C@]3(C)[C@H](O)[C@H]4O[C@H]4[C@]2(C)[C@H]13. The van der Waals surface area contributed by atoms with Crippen LogP contribution in [-0.4, -0.2) is 35.5 Å². The third-order valence-corrected chi connectivity index (χ3v) is 7.01. The maximum absolute atomic E-state index is 12.7. The number of ether oxygens (including phenoxy) is 2. The van der Waals surface area contributed by atoms with Crippen LogP contribution >= 0.6 is 0 Å². The number of epoxide rings is 1. The zero-order valence-corrected chi connectivity index (χ0v) is 14.7. The van der Waals surface area contributed by atoms with Gasteiger partial charge in [0.2, 0.25) is 0 Å². The van der Waals surface area contributed by atoms with Crippen LogP contribution in [0.1, 0.15) is 50.5 Å². The van der Waals surface area contributed by atoms with Crippen LogP contribution in [0.2, 0.25) is 0 Å². The van der Waals surface area contributed by atoms with E-state index >= 15 is 0 Å². The van der Waals surface area contributed by atoms with Crippen molar-refractivity contribution in [3.63, 3.8) is 0 Å². The van der Waals surface area contributed by atoms with Gasteiger partial charge in [-0.1, -0.05) is 20.8 Å². The molecule has 5 rings (SSSR count). The summed E-state index contributed by atoms with van der Waals surface area (Å²) in [4.78, 5) is 24.9. The smallest absolute Gasteiger partial charge is 0.336 e. The van der Waals surface area contributed by atoms with Crippen molar-refractivity contribution < 1.29 is 23.8 Å². The lowest BCUT2D eigenvalue weighted by atomic mass is 9.49. The Labute approximate surface area is 145 Å². The summed E-state index contributed by atoms with van der Waals surface area (Å²) in [6.45, 7) is 7.79. The minimum absolute atomic E-state index is 0.0522. The molecule has 1 aromatic heterocycles. The number of fused-ring (bicyclic) bond motifs is 4. The molecule has 3 heterocycles. The molecule has 0 aromatic carbocycles. The monoisotopic (exact) mass is 346 g/mol. The predicted octanol–water partition coefficient (Wildman–Crippen LogP) is 1.27. The van der Waals surface area contributed by atoms with Crippen molar-refractivity contribution in [3.05, 3.63) is 33.4 Å². The summed E-state index contributed by atoms with van der Waals surface area (Å²) >= 11 is 0. The molecule has 0 bridgehead atoms. The molecule has 134 valence electrons. The molecule has 1 N–H and O–H groups in total. The Bertz CT molecular complexity index is 856. The fourth-order valence-corrected chi connectivity index (χ4v) is 5.90. The van der Waals surface area contributed by atoms with Crippen molar-refractivity contribution in [2.45, 2.75) is 69.9 Å². The lowest BCUT2D eigenvalue weighted by molar-refractivity contribution is -0.154. The van der Waals surface area contributed by atoms with Gasteiger partial charge < -0.3 is 19.0 Å². The van der Waals surface area contributed by atoms with Gasteiger partial charge in [-0.05, 0) is 18.1 Å². The summed E-state index contributed by atoms with van der Waals surface area (Å²) in [5.41, 5.74) is -0.0816. The van der Waals surface area contributed by atoms with Crippen LogP contribution in [0, 0.1) is 11.3 Å². The van der Waals surface area contributed by atoms with E-state index in [1.54, 1.807) is 13.0 Å². The van der Waals surface area contributed by atoms with Crippen molar-refractivity contribution in [2.75, 3.05) is 0 Å². The first-order valence-corrected chi connectivity index (χ1v) is 8.92. The van der Waals surface area contributed by atoms with E-state index in [2.05, 4.69) is 0 Å². The highest BCUT2D eigenvalue weighted by Gasteiger charge is 2.78. The first-order chi connectivity index (χ1) is 11.7. The summed E-state index contributed by atoms with van der Waals surface area (Å²) in [6.07, 6.45) is -1.30. The number of rotatable bonds is 1. The highest BCUT2D eigenvalue weighted by atomic mass is 16.6. The first kappa shape index (κ1) is 15.6. The van der Waals surface area contributed by atoms with Crippen LogP contribution in [0.5, 0.6) is 0 Å². The summed E-state index contributed by atoms with van der Waals surface area (Å²) in [6, 6.07) is 1.55. The average Bonchev–Trinajstić information content (AvgIpc) is 3.29. The second-order valence-electron chi connectivity index (χ2n) is 8.63. The molecule has 25 heavy (non-hydrogen) atoms.